The maximum atomic E-state index is 13.0. The summed E-state index contributed by atoms with van der Waals surface area (Å²) in [4.78, 5) is 20.4. The molecule has 7 nitrogen and oxygen atoms in total. The zero-order chi connectivity index (χ0) is 21.2. The molecule has 1 aliphatic heterocycles. The Bertz CT molecular complexity index is 1180. The van der Waals surface area contributed by atoms with Crippen LogP contribution in [0.2, 0.25) is 0 Å². The van der Waals surface area contributed by atoms with E-state index in [2.05, 4.69) is 15.3 Å². The summed E-state index contributed by atoms with van der Waals surface area (Å²) < 4.78 is 10.9. The number of hydrogen-bond donors (Lipinski definition) is 0. The summed E-state index contributed by atoms with van der Waals surface area (Å²) >= 11 is 1.56. The number of benzene rings is 1. The quantitative estimate of drug-likeness (QED) is 0.446. The highest BCUT2D eigenvalue weighted by molar-refractivity contribution is 7.13. The second kappa shape index (κ2) is 8.47. The van der Waals surface area contributed by atoms with E-state index in [-0.39, 0.29) is 11.8 Å². The molecule has 1 aromatic carbocycles. The van der Waals surface area contributed by atoms with E-state index in [4.69, 9.17) is 9.05 Å². The Hall–Kier alpha value is -3.26. The molecule has 8 heteroatoms. The molecule has 5 rings (SSSR count). The lowest BCUT2D eigenvalue weighted by atomic mass is 9.94. The summed E-state index contributed by atoms with van der Waals surface area (Å²) in [5.41, 5.74) is 2.44. The Morgan fingerprint density at radius 3 is 2.94 bits per heavy atom. The molecule has 1 saturated heterocycles. The van der Waals surface area contributed by atoms with Crippen LogP contribution in [0, 0.1) is 12.8 Å². The number of thiophene rings is 1. The zero-order valence-electron chi connectivity index (χ0n) is 17.2. The van der Waals surface area contributed by atoms with Crippen LogP contribution < -0.4 is 0 Å². The minimum absolute atomic E-state index is 0.0950. The molecular formula is C23H22N4O3S. The minimum atomic E-state index is -0.0950. The second-order valence-electron chi connectivity index (χ2n) is 7.84. The molecule has 1 aliphatic rings. The number of nitrogens with zero attached hydrogens (tertiary/aromatic N) is 4. The molecule has 1 amide bonds. The van der Waals surface area contributed by atoms with E-state index < -0.39 is 0 Å². The number of likely N-dealkylation sites (tertiary alicyclic amines) is 1. The normalized spacial score (nSPS) is 16.5. The van der Waals surface area contributed by atoms with Gasteiger partial charge in [-0.1, -0.05) is 40.6 Å². The average Bonchev–Trinajstić information content (AvgIpc) is 3.55. The molecule has 31 heavy (non-hydrogen) atoms. The third-order valence-corrected chi connectivity index (χ3v) is 6.50. The molecule has 4 heterocycles. The Morgan fingerprint density at radius 2 is 2.10 bits per heavy atom. The number of carbonyl (C=O) groups excluding carboxylic acids is 1. The molecule has 0 saturated carbocycles. The molecule has 0 bridgehead atoms. The first-order valence-corrected chi connectivity index (χ1v) is 11.2. The number of amides is 1. The van der Waals surface area contributed by atoms with Crippen LogP contribution in [0.1, 0.15) is 34.8 Å². The van der Waals surface area contributed by atoms with Crippen molar-refractivity contribution in [1.29, 1.82) is 0 Å². The molecule has 1 fully saturated rings. The van der Waals surface area contributed by atoms with Gasteiger partial charge in [-0.2, -0.15) is 4.98 Å². The van der Waals surface area contributed by atoms with Crippen molar-refractivity contribution in [3.8, 4) is 22.0 Å². The van der Waals surface area contributed by atoms with Gasteiger partial charge < -0.3 is 13.9 Å². The van der Waals surface area contributed by atoms with Crippen molar-refractivity contribution in [1.82, 2.24) is 20.2 Å². The molecule has 0 radical (unpaired) electrons. The van der Waals surface area contributed by atoms with Gasteiger partial charge >= 0.3 is 0 Å². The maximum Gasteiger partial charge on any atom is 0.276 e. The van der Waals surface area contributed by atoms with Crippen LogP contribution in [0.5, 0.6) is 0 Å². The fourth-order valence-electron chi connectivity index (χ4n) is 4.01. The minimum Gasteiger partial charge on any atom is -0.355 e. The summed E-state index contributed by atoms with van der Waals surface area (Å²) in [6.45, 7) is 3.39. The van der Waals surface area contributed by atoms with E-state index in [1.807, 2.05) is 53.6 Å². The zero-order valence-corrected chi connectivity index (χ0v) is 18.0. The highest BCUT2D eigenvalue weighted by Crippen LogP contribution is 2.27. The van der Waals surface area contributed by atoms with Crippen LogP contribution in [0.3, 0.4) is 0 Å². The third kappa shape index (κ3) is 4.16. The van der Waals surface area contributed by atoms with Gasteiger partial charge in [-0.3, -0.25) is 4.79 Å². The third-order valence-electron chi connectivity index (χ3n) is 5.62. The molecule has 4 aromatic rings. The highest BCUT2D eigenvalue weighted by Gasteiger charge is 2.28. The van der Waals surface area contributed by atoms with Crippen LogP contribution in [-0.4, -0.2) is 39.2 Å². The Morgan fingerprint density at radius 1 is 1.19 bits per heavy atom. The van der Waals surface area contributed by atoms with E-state index in [1.165, 1.54) is 0 Å². The number of hydrogen-bond acceptors (Lipinski definition) is 7. The fraction of sp³-hybridized carbons (Fsp3) is 0.304. The van der Waals surface area contributed by atoms with E-state index in [0.29, 0.717) is 36.1 Å². The van der Waals surface area contributed by atoms with E-state index in [1.54, 1.807) is 17.4 Å². The largest absolute Gasteiger partial charge is 0.355 e. The molecule has 1 unspecified atom stereocenters. The van der Waals surface area contributed by atoms with Crippen molar-refractivity contribution < 1.29 is 13.8 Å². The molecule has 0 aliphatic carbocycles. The second-order valence-corrected chi connectivity index (χ2v) is 8.79. The monoisotopic (exact) mass is 434 g/mol. The van der Waals surface area contributed by atoms with Gasteiger partial charge in [0.2, 0.25) is 11.7 Å². The lowest BCUT2D eigenvalue weighted by molar-refractivity contribution is 0.0658. The smallest absolute Gasteiger partial charge is 0.276 e. The lowest BCUT2D eigenvalue weighted by Gasteiger charge is -2.31. The van der Waals surface area contributed by atoms with Gasteiger partial charge in [0.15, 0.2) is 11.5 Å². The summed E-state index contributed by atoms with van der Waals surface area (Å²) in [6, 6.07) is 13.6. The fourth-order valence-corrected chi connectivity index (χ4v) is 4.68. The van der Waals surface area contributed by atoms with Crippen molar-refractivity contribution in [3.05, 3.63) is 65.0 Å². The summed E-state index contributed by atoms with van der Waals surface area (Å²) in [6.07, 6.45) is 2.61. The van der Waals surface area contributed by atoms with E-state index in [0.717, 1.165) is 35.4 Å². The van der Waals surface area contributed by atoms with Gasteiger partial charge in [0.25, 0.3) is 5.91 Å². The number of carbonyl (C=O) groups is 1. The Kier molecular flexibility index (Phi) is 5.38. The van der Waals surface area contributed by atoms with Crippen LogP contribution in [0.4, 0.5) is 0 Å². The number of piperidine rings is 1. The Balaban J connectivity index is 1.25. The summed E-state index contributed by atoms with van der Waals surface area (Å²) in [5.74, 6) is 2.02. The van der Waals surface area contributed by atoms with Crippen LogP contribution >= 0.6 is 11.3 Å². The number of aryl methyl sites for hydroxylation is 1. The van der Waals surface area contributed by atoms with Crippen molar-refractivity contribution in [2.75, 3.05) is 13.1 Å². The van der Waals surface area contributed by atoms with Crippen molar-refractivity contribution in [2.45, 2.75) is 26.2 Å². The van der Waals surface area contributed by atoms with Gasteiger partial charge in [0, 0.05) is 31.1 Å². The van der Waals surface area contributed by atoms with Gasteiger partial charge in [-0.15, -0.1) is 11.3 Å². The summed E-state index contributed by atoms with van der Waals surface area (Å²) in [5, 5.41) is 10.1. The van der Waals surface area contributed by atoms with Gasteiger partial charge in [0.1, 0.15) is 0 Å². The lowest BCUT2D eigenvalue weighted by Crippen LogP contribution is -2.40. The molecule has 3 aromatic heterocycles. The van der Waals surface area contributed by atoms with E-state index >= 15 is 0 Å². The average molecular weight is 435 g/mol. The molecule has 0 spiro atoms. The first-order valence-electron chi connectivity index (χ1n) is 10.4. The van der Waals surface area contributed by atoms with Crippen LogP contribution in [0.25, 0.3) is 22.0 Å². The SMILES string of the molecule is Cc1ccccc1-c1noc(CC2CCCN(C(=O)c3cc(-c4cccs4)on3)C2)n1. The van der Waals surface area contributed by atoms with Gasteiger partial charge in [0.05, 0.1) is 4.88 Å². The van der Waals surface area contributed by atoms with Crippen molar-refractivity contribution >= 4 is 17.2 Å². The predicted octanol–water partition coefficient (Wildman–Crippen LogP) is 4.86. The molecule has 0 N–H and O–H groups in total. The first kappa shape index (κ1) is 19.7. The van der Waals surface area contributed by atoms with E-state index in [9.17, 15) is 4.79 Å². The predicted molar refractivity (Wildman–Crippen MR) is 117 cm³/mol. The number of aromatic nitrogens is 3. The van der Waals surface area contributed by atoms with Gasteiger partial charge in [-0.25, -0.2) is 0 Å². The van der Waals surface area contributed by atoms with Gasteiger partial charge in [-0.05, 0) is 42.7 Å². The van der Waals surface area contributed by atoms with Crippen molar-refractivity contribution in [2.24, 2.45) is 5.92 Å². The maximum absolute atomic E-state index is 13.0. The Labute approximate surface area is 183 Å². The van der Waals surface area contributed by atoms with Crippen molar-refractivity contribution in [3.63, 3.8) is 0 Å². The molecule has 158 valence electrons. The summed E-state index contributed by atoms with van der Waals surface area (Å²) in [7, 11) is 0. The first-order chi connectivity index (χ1) is 15.2. The highest BCUT2D eigenvalue weighted by atomic mass is 32.1. The standard InChI is InChI=1S/C23H22N4O3S/c1-15-6-2-3-8-17(15)22-24-21(30-26-22)12-16-7-4-10-27(14-16)23(28)18-13-19(29-25-18)20-9-5-11-31-20/h2-3,5-6,8-9,11,13,16H,4,7,10,12,14H2,1H3. The van der Waals surface area contributed by atoms with Crippen LogP contribution in [-0.2, 0) is 6.42 Å². The van der Waals surface area contributed by atoms with Crippen LogP contribution in [0.15, 0.2) is 56.9 Å². The number of rotatable bonds is 5. The molecule has 1 atom stereocenters. The molecular weight excluding hydrogens is 412 g/mol. The topological polar surface area (TPSA) is 85.3 Å².